The number of rotatable bonds is 4. The van der Waals surface area contributed by atoms with Gasteiger partial charge in [-0.25, -0.2) is 9.79 Å². The Kier molecular flexibility index (Phi) is 6.52. The molecule has 1 aromatic heterocycles. The third-order valence-electron chi connectivity index (χ3n) is 5.35. The standard InChI is InChI=1S/C18H31N7O2/c1-4-27-18(26)25-11-9-24(10-12-25)17(20-15-7-5-6-8-15)19-13-16-22-21-14(2)23(16)3/h15H,4-13H2,1-3H3,(H,19,20). The molecule has 0 bridgehead atoms. The van der Waals surface area contributed by atoms with Gasteiger partial charge in [0.2, 0.25) is 0 Å². The van der Waals surface area contributed by atoms with Gasteiger partial charge < -0.3 is 24.4 Å². The molecule has 2 fully saturated rings. The van der Waals surface area contributed by atoms with Gasteiger partial charge in [-0.1, -0.05) is 12.8 Å². The van der Waals surface area contributed by atoms with Gasteiger partial charge in [0.1, 0.15) is 12.4 Å². The summed E-state index contributed by atoms with van der Waals surface area (Å²) < 4.78 is 7.08. The van der Waals surface area contributed by atoms with Crippen LogP contribution in [0.25, 0.3) is 0 Å². The Morgan fingerprint density at radius 1 is 1.19 bits per heavy atom. The van der Waals surface area contributed by atoms with E-state index in [0.29, 0.717) is 32.3 Å². The summed E-state index contributed by atoms with van der Waals surface area (Å²) in [5.74, 6) is 2.64. The maximum absolute atomic E-state index is 11.9. The normalized spacial score (nSPS) is 18.9. The zero-order valence-electron chi connectivity index (χ0n) is 16.6. The van der Waals surface area contributed by atoms with Gasteiger partial charge >= 0.3 is 6.09 Å². The summed E-state index contributed by atoms with van der Waals surface area (Å²) >= 11 is 0. The van der Waals surface area contributed by atoms with Crippen molar-refractivity contribution in [1.29, 1.82) is 0 Å². The van der Waals surface area contributed by atoms with Crippen molar-refractivity contribution < 1.29 is 9.53 Å². The average molecular weight is 377 g/mol. The lowest BCUT2D eigenvalue weighted by molar-refractivity contribution is 0.0913. The van der Waals surface area contributed by atoms with Crippen LogP contribution in [0, 0.1) is 6.92 Å². The van der Waals surface area contributed by atoms with Crippen LogP contribution in [0.15, 0.2) is 4.99 Å². The number of nitrogens with one attached hydrogen (secondary N) is 1. The van der Waals surface area contributed by atoms with E-state index in [2.05, 4.69) is 20.4 Å². The summed E-state index contributed by atoms with van der Waals surface area (Å²) in [6.45, 7) is 7.45. The van der Waals surface area contributed by atoms with E-state index in [0.717, 1.165) is 30.7 Å². The van der Waals surface area contributed by atoms with Crippen molar-refractivity contribution >= 4 is 12.1 Å². The molecule has 1 amide bonds. The Balaban J connectivity index is 1.65. The SMILES string of the molecule is CCOC(=O)N1CCN(C(=NCc2nnc(C)n2C)NC2CCCC2)CC1. The van der Waals surface area contributed by atoms with Gasteiger partial charge in [-0.3, -0.25) is 0 Å². The highest BCUT2D eigenvalue weighted by atomic mass is 16.6. The van der Waals surface area contributed by atoms with Crippen LogP contribution in [0.3, 0.4) is 0 Å². The first-order valence-electron chi connectivity index (χ1n) is 9.91. The molecule has 9 nitrogen and oxygen atoms in total. The lowest BCUT2D eigenvalue weighted by Gasteiger charge is -2.36. The lowest BCUT2D eigenvalue weighted by atomic mass is 10.2. The number of aliphatic imine (C=N–C) groups is 1. The van der Waals surface area contributed by atoms with E-state index < -0.39 is 0 Å². The number of nitrogens with zero attached hydrogens (tertiary/aromatic N) is 6. The number of guanidine groups is 1. The van der Waals surface area contributed by atoms with Crippen LogP contribution in [-0.4, -0.2) is 75.4 Å². The van der Waals surface area contributed by atoms with Gasteiger partial charge in [0, 0.05) is 39.3 Å². The molecule has 0 aromatic carbocycles. The van der Waals surface area contributed by atoms with Crippen LogP contribution >= 0.6 is 0 Å². The van der Waals surface area contributed by atoms with E-state index in [1.807, 2.05) is 25.5 Å². The molecule has 1 saturated heterocycles. The van der Waals surface area contributed by atoms with E-state index >= 15 is 0 Å². The number of hydrogen-bond acceptors (Lipinski definition) is 5. The second-order valence-corrected chi connectivity index (χ2v) is 7.16. The highest BCUT2D eigenvalue weighted by Gasteiger charge is 2.26. The van der Waals surface area contributed by atoms with Gasteiger partial charge in [0.05, 0.1) is 6.61 Å². The molecule has 0 spiro atoms. The number of hydrogen-bond donors (Lipinski definition) is 1. The van der Waals surface area contributed by atoms with Crippen molar-refractivity contribution in [2.24, 2.45) is 12.0 Å². The summed E-state index contributed by atoms with van der Waals surface area (Å²) in [5.41, 5.74) is 0. The largest absolute Gasteiger partial charge is 0.450 e. The predicted molar refractivity (Wildman–Crippen MR) is 102 cm³/mol. The number of aromatic nitrogens is 3. The maximum Gasteiger partial charge on any atom is 0.409 e. The van der Waals surface area contributed by atoms with Gasteiger partial charge in [-0.2, -0.15) is 0 Å². The molecule has 9 heteroatoms. The molecule has 2 heterocycles. The van der Waals surface area contributed by atoms with Crippen LogP contribution in [0.5, 0.6) is 0 Å². The molecule has 150 valence electrons. The second-order valence-electron chi connectivity index (χ2n) is 7.16. The molecule has 1 aromatic rings. The van der Waals surface area contributed by atoms with Crippen molar-refractivity contribution in [2.75, 3.05) is 32.8 Å². The molecule has 2 aliphatic rings. The Morgan fingerprint density at radius 2 is 1.85 bits per heavy atom. The molecule has 27 heavy (non-hydrogen) atoms. The summed E-state index contributed by atoms with van der Waals surface area (Å²) in [5, 5.41) is 12.0. The first-order chi connectivity index (χ1) is 13.1. The third kappa shape index (κ3) is 4.90. The second kappa shape index (κ2) is 9.05. The minimum Gasteiger partial charge on any atom is -0.450 e. The third-order valence-corrected chi connectivity index (χ3v) is 5.35. The molecular weight excluding hydrogens is 346 g/mol. The van der Waals surface area contributed by atoms with Gasteiger partial charge in [0.25, 0.3) is 0 Å². The number of carbonyl (C=O) groups is 1. The molecule has 1 saturated carbocycles. The Morgan fingerprint density at radius 3 is 2.44 bits per heavy atom. The number of piperazine rings is 1. The average Bonchev–Trinajstić information content (AvgIpc) is 3.30. The number of ether oxygens (including phenoxy) is 1. The van der Waals surface area contributed by atoms with Crippen molar-refractivity contribution in [3.8, 4) is 0 Å². The molecule has 1 aliphatic carbocycles. The maximum atomic E-state index is 11.9. The zero-order chi connectivity index (χ0) is 19.2. The molecule has 0 radical (unpaired) electrons. The minimum absolute atomic E-state index is 0.228. The van der Waals surface area contributed by atoms with E-state index in [-0.39, 0.29) is 6.09 Å². The molecule has 0 unspecified atom stereocenters. The van der Waals surface area contributed by atoms with Gasteiger partial charge in [-0.05, 0) is 26.7 Å². The highest BCUT2D eigenvalue weighted by Crippen LogP contribution is 2.18. The molecular formula is C18H31N7O2. The van der Waals surface area contributed by atoms with Gasteiger partial charge in [-0.15, -0.1) is 10.2 Å². The Bertz CT molecular complexity index is 659. The van der Waals surface area contributed by atoms with Crippen molar-refractivity contribution in [2.45, 2.75) is 52.1 Å². The fraction of sp³-hybridized carbons (Fsp3) is 0.778. The minimum atomic E-state index is -0.228. The van der Waals surface area contributed by atoms with Crippen LogP contribution in [0.4, 0.5) is 4.79 Å². The van der Waals surface area contributed by atoms with Crippen LogP contribution in [-0.2, 0) is 18.3 Å². The lowest BCUT2D eigenvalue weighted by Crippen LogP contribution is -2.55. The summed E-state index contributed by atoms with van der Waals surface area (Å²) in [7, 11) is 1.96. The first kappa shape index (κ1) is 19.4. The van der Waals surface area contributed by atoms with Gasteiger partial charge in [0.15, 0.2) is 11.8 Å². The summed E-state index contributed by atoms with van der Waals surface area (Å²) in [4.78, 5) is 20.8. The smallest absolute Gasteiger partial charge is 0.409 e. The fourth-order valence-corrected chi connectivity index (χ4v) is 3.54. The van der Waals surface area contributed by atoms with E-state index in [1.165, 1.54) is 25.7 Å². The van der Waals surface area contributed by atoms with E-state index in [9.17, 15) is 4.79 Å². The van der Waals surface area contributed by atoms with E-state index in [4.69, 9.17) is 9.73 Å². The highest BCUT2D eigenvalue weighted by molar-refractivity contribution is 5.80. The summed E-state index contributed by atoms with van der Waals surface area (Å²) in [6.07, 6.45) is 4.68. The van der Waals surface area contributed by atoms with Crippen LogP contribution in [0.2, 0.25) is 0 Å². The Labute approximate surface area is 160 Å². The predicted octanol–water partition coefficient (Wildman–Crippen LogP) is 1.29. The van der Waals surface area contributed by atoms with Crippen molar-refractivity contribution in [1.82, 2.24) is 29.9 Å². The van der Waals surface area contributed by atoms with Crippen molar-refractivity contribution in [3.63, 3.8) is 0 Å². The van der Waals surface area contributed by atoms with Crippen LogP contribution in [0.1, 0.15) is 44.3 Å². The van der Waals surface area contributed by atoms with Crippen molar-refractivity contribution in [3.05, 3.63) is 11.6 Å². The fourth-order valence-electron chi connectivity index (χ4n) is 3.54. The quantitative estimate of drug-likeness (QED) is 0.628. The molecule has 1 N–H and O–H groups in total. The Hall–Kier alpha value is -2.32. The zero-order valence-corrected chi connectivity index (χ0v) is 16.6. The molecule has 0 atom stereocenters. The molecule has 3 rings (SSSR count). The topological polar surface area (TPSA) is 87.9 Å². The van der Waals surface area contributed by atoms with Crippen LogP contribution < -0.4 is 5.32 Å². The number of carbonyl (C=O) groups excluding carboxylic acids is 1. The molecule has 1 aliphatic heterocycles. The van der Waals surface area contributed by atoms with E-state index in [1.54, 1.807) is 4.90 Å². The summed E-state index contributed by atoms with van der Waals surface area (Å²) in [6, 6.07) is 0.480. The number of amides is 1. The monoisotopic (exact) mass is 377 g/mol. The number of aryl methyl sites for hydroxylation is 1. The first-order valence-corrected chi connectivity index (χ1v) is 9.91.